The maximum absolute atomic E-state index is 12.2. The monoisotopic (exact) mass is 322 g/mol. The minimum absolute atomic E-state index is 0.0310. The van der Waals surface area contributed by atoms with Crippen molar-refractivity contribution in [2.45, 2.75) is 45.8 Å². The van der Waals surface area contributed by atoms with Crippen LogP contribution in [-0.2, 0) is 16.1 Å². The minimum atomic E-state index is -0.487. The molecule has 2 rings (SSSR count). The summed E-state index contributed by atoms with van der Waals surface area (Å²) < 4.78 is 7.28. The van der Waals surface area contributed by atoms with E-state index in [2.05, 4.69) is 10.3 Å². The van der Waals surface area contributed by atoms with Crippen molar-refractivity contribution < 1.29 is 14.3 Å². The SMILES string of the molecule is CC(C)(C)OC(=O)N1CCC(C(=O)NCCn2ccnc2)CC1. The summed E-state index contributed by atoms with van der Waals surface area (Å²) in [6.07, 6.45) is 6.37. The Kier molecular flexibility index (Phi) is 5.63. The van der Waals surface area contributed by atoms with Crippen LogP contribution in [0.25, 0.3) is 0 Å². The number of ether oxygens (including phenoxy) is 1. The number of aromatic nitrogens is 2. The van der Waals surface area contributed by atoms with Crippen molar-refractivity contribution in [2.24, 2.45) is 5.92 Å². The van der Waals surface area contributed by atoms with E-state index in [1.807, 2.05) is 31.5 Å². The van der Waals surface area contributed by atoms with E-state index in [0.29, 0.717) is 39.0 Å². The van der Waals surface area contributed by atoms with Crippen molar-refractivity contribution in [3.63, 3.8) is 0 Å². The lowest BCUT2D eigenvalue weighted by atomic mass is 9.96. The van der Waals surface area contributed by atoms with Gasteiger partial charge in [-0.25, -0.2) is 9.78 Å². The maximum atomic E-state index is 12.2. The van der Waals surface area contributed by atoms with E-state index in [9.17, 15) is 9.59 Å². The van der Waals surface area contributed by atoms with Gasteiger partial charge in [-0.05, 0) is 33.6 Å². The molecular formula is C16H26N4O3. The average molecular weight is 322 g/mol. The lowest BCUT2D eigenvalue weighted by Gasteiger charge is -2.32. The lowest BCUT2D eigenvalue weighted by Crippen LogP contribution is -2.45. The molecule has 0 aliphatic carbocycles. The first-order chi connectivity index (χ1) is 10.8. The number of hydrogen-bond donors (Lipinski definition) is 1. The molecule has 7 nitrogen and oxygen atoms in total. The van der Waals surface area contributed by atoms with E-state index in [0.717, 1.165) is 0 Å². The van der Waals surface area contributed by atoms with Crippen molar-refractivity contribution in [1.82, 2.24) is 19.8 Å². The van der Waals surface area contributed by atoms with Gasteiger partial charge in [0, 0.05) is 44.5 Å². The highest BCUT2D eigenvalue weighted by Gasteiger charge is 2.29. The van der Waals surface area contributed by atoms with Crippen molar-refractivity contribution in [1.29, 1.82) is 0 Å². The number of likely N-dealkylation sites (tertiary alicyclic amines) is 1. The Balaban J connectivity index is 1.69. The highest BCUT2D eigenvalue weighted by molar-refractivity contribution is 5.79. The lowest BCUT2D eigenvalue weighted by molar-refractivity contribution is -0.126. The molecule has 23 heavy (non-hydrogen) atoms. The van der Waals surface area contributed by atoms with Crippen LogP contribution >= 0.6 is 0 Å². The van der Waals surface area contributed by atoms with Crippen molar-refractivity contribution >= 4 is 12.0 Å². The molecule has 0 saturated carbocycles. The molecule has 2 heterocycles. The number of rotatable bonds is 4. The fourth-order valence-electron chi connectivity index (χ4n) is 2.52. The molecule has 0 aromatic carbocycles. The summed E-state index contributed by atoms with van der Waals surface area (Å²) in [7, 11) is 0. The van der Waals surface area contributed by atoms with Gasteiger partial charge in [-0.3, -0.25) is 4.79 Å². The Morgan fingerprint density at radius 2 is 2.00 bits per heavy atom. The number of imidazole rings is 1. The van der Waals surface area contributed by atoms with Crippen molar-refractivity contribution in [3.05, 3.63) is 18.7 Å². The van der Waals surface area contributed by atoms with Gasteiger partial charge in [0.1, 0.15) is 5.60 Å². The van der Waals surface area contributed by atoms with E-state index < -0.39 is 5.60 Å². The van der Waals surface area contributed by atoms with Gasteiger partial charge in [0.2, 0.25) is 5.91 Å². The number of hydrogen-bond acceptors (Lipinski definition) is 4. The fourth-order valence-corrected chi connectivity index (χ4v) is 2.52. The molecule has 128 valence electrons. The van der Waals surface area contributed by atoms with Crippen LogP contribution < -0.4 is 5.32 Å². The normalized spacial score (nSPS) is 16.2. The Morgan fingerprint density at radius 3 is 2.57 bits per heavy atom. The zero-order valence-electron chi connectivity index (χ0n) is 14.1. The first kappa shape index (κ1) is 17.3. The number of nitrogens with one attached hydrogen (secondary N) is 1. The average Bonchev–Trinajstić information content (AvgIpc) is 2.99. The molecule has 7 heteroatoms. The Bertz CT molecular complexity index is 514. The van der Waals surface area contributed by atoms with Gasteiger partial charge < -0.3 is 19.5 Å². The zero-order chi connectivity index (χ0) is 16.9. The van der Waals surface area contributed by atoms with E-state index in [1.165, 1.54) is 0 Å². The third kappa shape index (κ3) is 5.58. The summed E-state index contributed by atoms with van der Waals surface area (Å²) in [6.45, 7) is 7.98. The first-order valence-electron chi connectivity index (χ1n) is 8.06. The van der Waals surface area contributed by atoms with Crippen LogP contribution in [0.5, 0.6) is 0 Å². The molecule has 1 aliphatic rings. The summed E-state index contributed by atoms with van der Waals surface area (Å²) in [5.41, 5.74) is -0.487. The number of amides is 2. The second kappa shape index (κ2) is 7.48. The predicted octanol–water partition coefficient (Wildman–Crippen LogP) is 1.65. The van der Waals surface area contributed by atoms with Crippen LogP contribution in [0, 0.1) is 5.92 Å². The highest BCUT2D eigenvalue weighted by atomic mass is 16.6. The highest BCUT2D eigenvalue weighted by Crippen LogP contribution is 2.19. The van der Waals surface area contributed by atoms with Crippen LogP contribution in [0.2, 0.25) is 0 Å². The summed E-state index contributed by atoms with van der Waals surface area (Å²) in [5, 5.41) is 2.95. The van der Waals surface area contributed by atoms with Crippen LogP contribution in [0.15, 0.2) is 18.7 Å². The van der Waals surface area contributed by atoms with Crippen LogP contribution in [-0.4, -0.2) is 51.7 Å². The van der Waals surface area contributed by atoms with E-state index in [1.54, 1.807) is 17.4 Å². The molecule has 1 aromatic heterocycles. The molecule has 1 N–H and O–H groups in total. The smallest absolute Gasteiger partial charge is 0.410 e. The summed E-state index contributed by atoms with van der Waals surface area (Å²) in [5.74, 6) is 0.0328. The van der Waals surface area contributed by atoms with Gasteiger partial charge in [0.25, 0.3) is 0 Å². The van der Waals surface area contributed by atoms with Crippen molar-refractivity contribution in [2.75, 3.05) is 19.6 Å². The molecule has 0 spiro atoms. The van der Waals surface area contributed by atoms with E-state index >= 15 is 0 Å². The van der Waals surface area contributed by atoms with Gasteiger partial charge in [-0.1, -0.05) is 0 Å². The largest absolute Gasteiger partial charge is 0.444 e. The van der Waals surface area contributed by atoms with Gasteiger partial charge in [-0.15, -0.1) is 0 Å². The van der Waals surface area contributed by atoms with Gasteiger partial charge in [-0.2, -0.15) is 0 Å². The molecule has 0 radical (unpaired) electrons. The second-order valence-electron chi connectivity index (χ2n) is 6.83. The zero-order valence-corrected chi connectivity index (χ0v) is 14.1. The third-order valence-electron chi connectivity index (χ3n) is 3.75. The summed E-state index contributed by atoms with van der Waals surface area (Å²) in [4.78, 5) is 29.8. The topological polar surface area (TPSA) is 76.5 Å². The minimum Gasteiger partial charge on any atom is -0.444 e. The molecule has 1 aliphatic heterocycles. The predicted molar refractivity (Wildman–Crippen MR) is 85.8 cm³/mol. The standard InChI is InChI=1S/C16H26N4O3/c1-16(2,3)23-15(22)20-8-4-13(5-9-20)14(21)18-7-11-19-10-6-17-12-19/h6,10,12-13H,4-5,7-9,11H2,1-3H3,(H,18,21). The number of nitrogens with zero attached hydrogens (tertiary/aromatic N) is 3. The molecule has 1 aromatic rings. The number of carbonyl (C=O) groups excluding carboxylic acids is 2. The molecule has 1 fully saturated rings. The molecule has 1 saturated heterocycles. The third-order valence-corrected chi connectivity index (χ3v) is 3.75. The van der Waals surface area contributed by atoms with Gasteiger partial charge >= 0.3 is 6.09 Å². The molecule has 0 atom stereocenters. The van der Waals surface area contributed by atoms with Crippen LogP contribution in [0.3, 0.4) is 0 Å². The fraction of sp³-hybridized carbons (Fsp3) is 0.688. The summed E-state index contributed by atoms with van der Waals surface area (Å²) >= 11 is 0. The Labute approximate surface area is 137 Å². The summed E-state index contributed by atoms with van der Waals surface area (Å²) in [6, 6.07) is 0. The van der Waals surface area contributed by atoms with Gasteiger partial charge in [0.15, 0.2) is 0 Å². The molecule has 0 bridgehead atoms. The Hall–Kier alpha value is -2.05. The van der Waals surface area contributed by atoms with Crippen LogP contribution in [0.4, 0.5) is 4.79 Å². The number of piperidine rings is 1. The van der Waals surface area contributed by atoms with Crippen LogP contribution in [0.1, 0.15) is 33.6 Å². The van der Waals surface area contributed by atoms with E-state index in [4.69, 9.17) is 4.74 Å². The number of carbonyl (C=O) groups is 2. The molecule has 2 amide bonds. The molecule has 0 unspecified atom stereocenters. The molecular weight excluding hydrogens is 296 g/mol. The van der Waals surface area contributed by atoms with Gasteiger partial charge in [0.05, 0.1) is 6.33 Å². The van der Waals surface area contributed by atoms with Crippen molar-refractivity contribution in [3.8, 4) is 0 Å². The second-order valence-corrected chi connectivity index (χ2v) is 6.83. The van der Waals surface area contributed by atoms with E-state index in [-0.39, 0.29) is 17.9 Å². The Morgan fingerprint density at radius 1 is 1.30 bits per heavy atom. The maximum Gasteiger partial charge on any atom is 0.410 e. The first-order valence-corrected chi connectivity index (χ1v) is 8.06. The quantitative estimate of drug-likeness (QED) is 0.914.